The Bertz CT molecular complexity index is 1170. The highest BCUT2D eigenvalue weighted by Gasteiger charge is 2.12. The first-order valence-electron chi connectivity index (χ1n) is 12.5. The average molecular weight is 491 g/mol. The van der Waals surface area contributed by atoms with Gasteiger partial charge in [0.1, 0.15) is 24.8 Å². The second-order valence-electron chi connectivity index (χ2n) is 8.91. The van der Waals surface area contributed by atoms with Gasteiger partial charge in [-0.1, -0.05) is 74.9 Å². The number of aryl methyl sites for hydroxylation is 1. The van der Waals surface area contributed by atoms with Gasteiger partial charge in [-0.15, -0.1) is 0 Å². The number of carbonyl (C=O) groups excluding carboxylic acids is 1. The van der Waals surface area contributed by atoms with E-state index in [4.69, 9.17) is 9.47 Å². The van der Waals surface area contributed by atoms with Crippen LogP contribution < -0.4 is 4.74 Å². The molecule has 0 heterocycles. The van der Waals surface area contributed by atoms with Crippen LogP contribution in [-0.4, -0.2) is 30.9 Å². The van der Waals surface area contributed by atoms with Crippen molar-refractivity contribution in [1.82, 2.24) is 0 Å². The second kappa shape index (κ2) is 13.6. The van der Waals surface area contributed by atoms with E-state index >= 15 is 4.39 Å². The van der Waals surface area contributed by atoms with E-state index in [1.807, 2.05) is 30.3 Å². The van der Waals surface area contributed by atoms with Gasteiger partial charge in [-0.25, -0.2) is 9.18 Å². The van der Waals surface area contributed by atoms with Crippen molar-refractivity contribution in [3.63, 3.8) is 0 Å². The maximum absolute atomic E-state index is 15.2. The fourth-order valence-electron chi connectivity index (χ4n) is 3.96. The summed E-state index contributed by atoms with van der Waals surface area (Å²) in [4.78, 5) is 11.5. The van der Waals surface area contributed by atoms with E-state index in [9.17, 15) is 9.90 Å². The van der Waals surface area contributed by atoms with Gasteiger partial charge in [-0.3, -0.25) is 0 Å². The molecule has 0 saturated heterocycles. The summed E-state index contributed by atoms with van der Waals surface area (Å²) in [5.41, 5.74) is 5.35. The topological polar surface area (TPSA) is 55.8 Å². The van der Waals surface area contributed by atoms with Gasteiger partial charge in [0.2, 0.25) is 0 Å². The number of benzene rings is 3. The van der Waals surface area contributed by atoms with Crippen LogP contribution in [0.4, 0.5) is 4.39 Å². The molecule has 0 radical (unpaired) electrons. The Hall–Kier alpha value is -3.44. The lowest BCUT2D eigenvalue weighted by Gasteiger charge is -2.14. The van der Waals surface area contributed by atoms with Gasteiger partial charge in [0.05, 0.1) is 0 Å². The van der Waals surface area contributed by atoms with Crippen molar-refractivity contribution in [3.05, 3.63) is 89.8 Å². The van der Waals surface area contributed by atoms with Gasteiger partial charge in [0.15, 0.2) is 0 Å². The molecule has 0 amide bonds. The summed E-state index contributed by atoms with van der Waals surface area (Å²) in [7, 11) is 0. The first-order chi connectivity index (χ1) is 17.4. The molecule has 3 aromatic carbocycles. The summed E-state index contributed by atoms with van der Waals surface area (Å²) < 4.78 is 26.1. The number of hydrogen-bond acceptors (Lipinski definition) is 4. The second-order valence-corrected chi connectivity index (χ2v) is 8.91. The monoisotopic (exact) mass is 490 g/mol. The fraction of sp³-hybridized carbons (Fsp3) is 0.323. The third-order valence-electron chi connectivity index (χ3n) is 6.01. The normalized spacial score (nSPS) is 10.8. The third-order valence-corrected chi connectivity index (χ3v) is 6.01. The molecule has 0 aromatic heterocycles. The Balaban J connectivity index is 1.75. The third kappa shape index (κ3) is 7.53. The average Bonchev–Trinajstić information content (AvgIpc) is 2.88. The number of carbonyl (C=O) groups is 1. The van der Waals surface area contributed by atoms with Crippen LogP contribution in [0, 0.1) is 5.82 Å². The number of rotatable bonds is 13. The number of aliphatic hydroxyl groups excluding tert-OH is 1. The summed E-state index contributed by atoms with van der Waals surface area (Å²) in [6.07, 6.45) is 5.07. The minimum Gasteiger partial charge on any atom is -0.490 e. The molecule has 36 heavy (non-hydrogen) atoms. The SMILES string of the molecule is C=C(C)C(=O)OCCOc1cc(-c2ccc(-c3ccc(CCCCC)cc3)cc2F)ccc1CCO. The highest BCUT2D eigenvalue weighted by atomic mass is 19.1. The predicted octanol–water partition coefficient (Wildman–Crippen LogP) is 6.93. The number of esters is 1. The van der Waals surface area contributed by atoms with Gasteiger partial charge < -0.3 is 14.6 Å². The number of aliphatic hydroxyl groups is 1. The number of unbranched alkanes of at least 4 members (excludes halogenated alkanes) is 2. The first kappa shape index (κ1) is 27.2. The molecule has 0 spiro atoms. The van der Waals surface area contributed by atoms with Crippen LogP contribution in [0.2, 0.25) is 0 Å². The molecule has 0 atom stereocenters. The molecule has 190 valence electrons. The van der Waals surface area contributed by atoms with E-state index in [1.54, 1.807) is 25.1 Å². The summed E-state index contributed by atoms with van der Waals surface area (Å²) in [6, 6.07) is 19.0. The molecule has 0 fully saturated rings. The van der Waals surface area contributed by atoms with Crippen LogP contribution in [0.3, 0.4) is 0 Å². The lowest BCUT2D eigenvalue weighted by atomic mass is 9.97. The number of halogens is 1. The molecule has 1 N–H and O–H groups in total. The Morgan fingerprint density at radius 1 is 0.917 bits per heavy atom. The number of ether oxygens (including phenoxy) is 2. The molecule has 0 aliphatic heterocycles. The zero-order valence-electron chi connectivity index (χ0n) is 21.2. The van der Waals surface area contributed by atoms with Crippen molar-refractivity contribution >= 4 is 5.97 Å². The van der Waals surface area contributed by atoms with Gasteiger partial charge >= 0.3 is 5.97 Å². The molecule has 0 bridgehead atoms. The molecule has 0 saturated carbocycles. The van der Waals surface area contributed by atoms with Crippen LogP contribution in [0.5, 0.6) is 5.75 Å². The van der Waals surface area contributed by atoms with E-state index in [-0.39, 0.29) is 25.6 Å². The van der Waals surface area contributed by atoms with Gasteiger partial charge in [0, 0.05) is 17.7 Å². The van der Waals surface area contributed by atoms with Crippen LogP contribution in [0.15, 0.2) is 72.8 Å². The maximum atomic E-state index is 15.2. The molecule has 3 aromatic rings. The van der Waals surface area contributed by atoms with E-state index in [2.05, 4.69) is 25.6 Å². The molecule has 0 aliphatic rings. The first-order valence-corrected chi connectivity index (χ1v) is 12.5. The Morgan fingerprint density at radius 3 is 2.31 bits per heavy atom. The van der Waals surface area contributed by atoms with Gasteiger partial charge in [0.25, 0.3) is 0 Å². The molecule has 0 unspecified atom stereocenters. The van der Waals surface area contributed by atoms with Crippen molar-refractivity contribution < 1.29 is 23.8 Å². The van der Waals surface area contributed by atoms with E-state index in [1.165, 1.54) is 24.8 Å². The zero-order chi connectivity index (χ0) is 25.9. The highest BCUT2D eigenvalue weighted by molar-refractivity contribution is 5.86. The highest BCUT2D eigenvalue weighted by Crippen LogP contribution is 2.32. The maximum Gasteiger partial charge on any atom is 0.333 e. The van der Waals surface area contributed by atoms with Crippen molar-refractivity contribution in [2.24, 2.45) is 0 Å². The molecule has 4 nitrogen and oxygen atoms in total. The largest absolute Gasteiger partial charge is 0.490 e. The summed E-state index contributed by atoms with van der Waals surface area (Å²) >= 11 is 0. The van der Waals surface area contributed by atoms with Crippen LogP contribution in [0.1, 0.15) is 44.2 Å². The molecular formula is C31H35FO4. The Labute approximate surface area is 213 Å². The molecule has 3 rings (SSSR count). The van der Waals surface area contributed by atoms with Crippen molar-refractivity contribution in [2.75, 3.05) is 19.8 Å². The number of hydrogen-bond donors (Lipinski definition) is 1. The van der Waals surface area contributed by atoms with E-state index in [0.29, 0.717) is 28.9 Å². The summed E-state index contributed by atoms with van der Waals surface area (Å²) in [6.45, 7) is 7.48. The van der Waals surface area contributed by atoms with E-state index < -0.39 is 5.97 Å². The van der Waals surface area contributed by atoms with Crippen molar-refractivity contribution in [3.8, 4) is 28.0 Å². The lowest BCUT2D eigenvalue weighted by Crippen LogP contribution is -2.13. The van der Waals surface area contributed by atoms with E-state index in [0.717, 1.165) is 23.1 Å². The zero-order valence-corrected chi connectivity index (χ0v) is 21.2. The minimum atomic E-state index is -0.476. The fourth-order valence-corrected chi connectivity index (χ4v) is 3.96. The Morgan fingerprint density at radius 2 is 1.64 bits per heavy atom. The lowest BCUT2D eigenvalue weighted by molar-refractivity contribution is -0.139. The van der Waals surface area contributed by atoms with Crippen molar-refractivity contribution in [1.29, 1.82) is 0 Å². The predicted molar refractivity (Wildman–Crippen MR) is 143 cm³/mol. The molecular weight excluding hydrogens is 455 g/mol. The molecule has 5 heteroatoms. The van der Waals surface area contributed by atoms with Crippen LogP contribution >= 0.6 is 0 Å². The minimum absolute atomic E-state index is 0.0409. The standard InChI is InChI=1S/C31H35FO4/c1-4-5-6-7-23-8-10-24(11-9-23)26-14-15-28(29(32)20-26)27-13-12-25(16-17-33)30(21-27)35-18-19-36-31(34)22(2)3/h8-15,20-21,33H,2,4-7,16-19H2,1,3H3. The van der Waals surface area contributed by atoms with Crippen molar-refractivity contribution in [2.45, 2.75) is 46.0 Å². The van der Waals surface area contributed by atoms with Gasteiger partial charge in [-0.2, -0.15) is 0 Å². The van der Waals surface area contributed by atoms with Gasteiger partial charge in [-0.05, 0) is 66.1 Å². The van der Waals surface area contributed by atoms with Crippen LogP contribution in [-0.2, 0) is 22.4 Å². The summed E-state index contributed by atoms with van der Waals surface area (Å²) in [5.74, 6) is -0.276. The summed E-state index contributed by atoms with van der Waals surface area (Å²) in [5, 5.41) is 9.40. The molecule has 0 aliphatic carbocycles. The Kier molecular flexibility index (Phi) is 10.3. The smallest absolute Gasteiger partial charge is 0.333 e. The van der Waals surface area contributed by atoms with Crippen LogP contribution in [0.25, 0.3) is 22.3 Å². The quantitative estimate of drug-likeness (QED) is 0.160.